The molecule has 2 aromatic rings. The van der Waals surface area contributed by atoms with Crippen LogP contribution in [0.5, 0.6) is 5.75 Å². The molecular weight excluding hydrogens is 303 g/mol. The van der Waals surface area contributed by atoms with Gasteiger partial charge in [0.05, 0.1) is 12.6 Å². The second-order valence-corrected chi connectivity index (χ2v) is 6.82. The van der Waals surface area contributed by atoms with E-state index in [4.69, 9.17) is 9.63 Å². The molecule has 1 unspecified atom stereocenters. The molecule has 6 heteroatoms. The molecule has 0 saturated heterocycles. The molecule has 116 valence electrons. The van der Waals surface area contributed by atoms with Crippen molar-refractivity contribution in [3.05, 3.63) is 65.2 Å². The average molecular weight is 320 g/mol. The molecule has 0 aliphatic rings. The van der Waals surface area contributed by atoms with Crippen LogP contribution < -0.4 is 4.52 Å². The molecule has 0 aliphatic carbocycles. The first-order valence-electron chi connectivity index (χ1n) is 6.72. The number of hydrogen-bond donors (Lipinski definition) is 2. The second-order valence-electron chi connectivity index (χ2n) is 5.05. The summed E-state index contributed by atoms with van der Waals surface area (Å²) in [5.41, 5.74) is 2.12. The molecule has 0 bridgehead atoms. The zero-order chi connectivity index (χ0) is 16.2. The second kappa shape index (κ2) is 6.77. The number of rotatable bonds is 6. The van der Waals surface area contributed by atoms with Gasteiger partial charge in [-0.05, 0) is 18.6 Å². The van der Waals surface area contributed by atoms with Crippen molar-refractivity contribution in [2.75, 3.05) is 0 Å². The van der Waals surface area contributed by atoms with Crippen LogP contribution in [0.1, 0.15) is 16.7 Å². The number of carbonyl (C=O) groups is 1. The molecule has 0 aliphatic heterocycles. The first kappa shape index (κ1) is 16.3. The zero-order valence-corrected chi connectivity index (χ0v) is 13.0. The smallest absolute Gasteiger partial charge is 0.380 e. The number of benzene rings is 2. The molecule has 5 nitrogen and oxygen atoms in total. The van der Waals surface area contributed by atoms with E-state index in [1.54, 1.807) is 30.3 Å². The van der Waals surface area contributed by atoms with Gasteiger partial charge in [0.2, 0.25) is 0 Å². The number of aryl methyl sites for hydroxylation is 1. The van der Waals surface area contributed by atoms with Crippen LogP contribution in [0.25, 0.3) is 0 Å². The van der Waals surface area contributed by atoms with E-state index in [-0.39, 0.29) is 18.3 Å². The molecule has 2 rings (SSSR count). The lowest BCUT2D eigenvalue weighted by Crippen LogP contribution is -2.04. The van der Waals surface area contributed by atoms with Crippen LogP contribution in [0.3, 0.4) is 0 Å². The van der Waals surface area contributed by atoms with Gasteiger partial charge in [-0.2, -0.15) is 0 Å². The third-order valence-electron chi connectivity index (χ3n) is 3.06. The van der Waals surface area contributed by atoms with Crippen LogP contribution in [-0.4, -0.2) is 16.0 Å². The van der Waals surface area contributed by atoms with Gasteiger partial charge < -0.3 is 14.5 Å². The molecule has 0 spiro atoms. The highest BCUT2D eigenvalue weighted by Gasteiger charge is 2.23. The summed E-state index contributed by atoms with van der Waals surface area (Å²) in [6, 6.07) is 13.6. The van der Waals surface area contributed by atoms with E-state index in [1.807, 2.05) is 19.1 Å². The number of para-hydroxylation sites is 1. The van der Waals surface area contributed by atoms with Crippen molar-refractivity contribution in [1.29, 1.82) is 0 Å². The molecule has 0 saturated carbocycles. The van der Waals surface area contributed by atoms with E-state index >= 15 is 0 Å². The van der Waals surface area contributed by atoms with Gasteiger partial charge in [0.15, 0.2) is 0 Å². The van der Waals surface area contributed by atoms with Crippen molar-refractivity contribution in [1.82, 2.24) is 0 Å². The Hall–Kier alpha value is -2.10. The molecule has 2 aromatic carbocycles. The fraction of sp³-hybridized carbons (Fsp3) is 0.188. The van der Waals surface area contributed by atoms with Gasteiger partial charge in [-0.15, -0.1) is 0 Å². The van der Waals surface area contributed by atoms with Crippen LogP contribution >= 0.6 is 7.60 Å². The lowest BCUT2D eigenvalue weighted by Gasteiger charge is -2.16. The minimum atomic E-state index is -3.91. The van der Waals surface area contributed by atoms with Crippen LogP contribution in [-0.2, 0) is 21.9 Å². The molecule has 22 heavy (non-hydrogen) atoms. The minimum Gasteiger partial charge on any atom is -0.481 e. The molecule has 2 N–H and O–H groups in total. The Morgan fingerprint density at radius 3 is 2.41 bits per heavy atom. The summed E-state index contributed by atoms with van der Waals surface area (Å²) in [5, 5.41) is 8.86. The van der Waals surface area contributed by atoms with Crippen molar-refractivity contribution in [3.8, 4) is 5.75 Å². The zero-order valence-electron chi connectivity index (χ0n) is 12.1. The van der Waals surface area contributed by atoms with Crippen LogP contribution in [0, 0.1) is 6.92 Å². The Bertz CT molecular complexity index is 709. The summed E-state index contributed by atoms with van der Waals surface area (Å²) in [6.07, 6.45) is -0.393. The maximum Gasteiger partial charge on any atom is 0.380 e. The van der Waals surface area contributed by atoms with Gasteiger partial charge in [-0.25, -0.2) is 4.57 Å². The van der Waals surface area contributed by atoms with Crippen molar-refractivity contribution in [3.63, 3.8) is 0 Å². The highest BCUT2D eigenvalue weighted by molar-refractivity contribution is 7.52. The monoisotopic (exact) mass is 320 g/mol. The van der Waals surface area contributed by atoms with E-state index in [9.17, 15) is 14.3 Å². The van der Waals surface area contributed by atoms with Crippen LogP contribution in [0.15, 0.2) is 48.5 Å². The third-order valence-corrected chi connectivity index (χ3v) is 4.31. The van der Waals surface area contributed by atoms with Gasteiger partial charge in [0.25, 0.3) is 0 Å². The number of carboxylic acid groups (broad SMARTS) is 1. The van der Waals surface area contributed by atoms with Crippen molar-refractivity contribution < 1.29 is 23.9 Å². The van der Waals surface area contributed by atoms with Gasteiger partial charge in [-0.3, -0.25) is 4.79 Å². The van der Waals surface area contributed by atoms with Gasteiger partial charge in [-0.1, -0.05) is 48.0 Å². The number of aliphatic carboxylic acids is 1. The normalized spacial score (nSPS) is 13.4. The Labute approximate surface area is 128 Å². The Balaban J connectivity index is 2.16. The lowest BCUT2D eigenvalue weighted by atomic mass is 10.1. The maximum atomic E-state index is 12.3. The summed E-state index contributed by atoms with van der Waals surface area (Å²) >= 11 is 0. The van der Waals surface area contributed by atoms with E-state index in [0.29, 0.717) is 11.1 Å². The van der Waals surface area contributed by atoms with Gasteiger partial charge in [0, 0.05) is 5.56 Å². The number of carboxylic acids is 1. The first-order chi connectivity index (χ1) is 10.4. The summed E-state index contributed by atoms with van der Waals surface area (Å²) in [4.78, 5) is 20.9. The molecular formula is C16H17O5P. The van der Waals surface area contributed by atoms with Crippen molar-refractivity contribution in [2.24, 2.45) is 0 Å². The maximum absolute atomic E-state index is 12.3. The molecule has 1 atom stereocenters. The summed E-state index contributed by atoms with van der Waals surface area (Å²) in [6.45, 7) is 1.93. The summed E-state index contributed by atoms with van der Waals surface area (Å²) in [7, 11) is -3.91. The fourth-order valence-corrected chi connectivity index (χ4v) is 3.23. The molecule has 0 fully saturated rings. The number of hydrogen-bond acceptors (Lipinski definition) is 3. The van der Waals surface area contributed by atoms with E-state index in [0.717, 1.165) is 5.56 Å². The third kappa shape index (κ3) is 4.72. The largest absolute Gasteiger partial charge is 0.481 e. The predicted octanol–water partition coefficient (Wildman–Crippen LogP) is 3.39. The van der Waals surface area contributed by atoms with Crippen molar-refractivity contribution >= 4 is 13.6 Å². The minimum absolute atomic E-state index is 0.128. The van der Waals surface area contributed by atoms with Gasteiger partial charge in [0.1, 0.15) is 5.75 Å². The first-order valence-corrected chi connectivity index (χ1v) is 8.49. The van der Waals surface area contributed by atoms with E-state index in [2.05, 4.69) is 0 Å². The average Bonchev–Trinajstić information content (AvgIpc) is 2.42. The quantitative estimate of drug-likeness (QED) is 0.797. The highest BCUT2D eigenvalue weighted by atomic mass is 31.2. The highest BCUT2D eigenvalue weighted by Crippen LogP contribution is 2.46. The Morgan fingerprint density at radius 2 is 1.77 bits per heavy atom. The SMILES string of the molecule is Cc1ccc(CP(=O)(O)Oc2ccccc2CC(=O)O)cc1. The van der Waals surface area contributed by atoms with Crippen LogP contribution in [0.4, 0.5) is 0 Å². The fourth-order valence-electron chi connectivity index (χ4n) is 2.01. The van der Waals surface area contributed by atoms with Gasteiger partial charge >= 0.3 is 13.6 Å². The Kier molecular flexibility index (Phi) is 5.01. The molecule has 0 radical (unpaired) electrons. The summed E-state index contributed by atoms with van der Waals surface area (Å²) in [5.74, 6) is -0.898. The Morgan fingerprint density at radius 1 is 1.14 bits per heavy atom. The standard InChI is InChI=1S/C16H17O5P/c1-12-6-8-13(9-7-12)11-22(19,20)21-15-5-3-2-4-14(15)10-16(17)18/h2-9H,10-11H2,1H3,(H,17,18)(H,19,20). The molecule has 0 amide bonds. The van der Waals surface area contributed by atoms with Crippen molar-refractivity contribution in [2.45, 2.75) is 19.5 Å². The van der Waals surface area contributed by atoms with Crippen LogP contribution in [0.2, 0.25) is 0 Å². The summed E-state index contributed by atoms with van der Waals surface area (Å²) < 4.78 is 17.5. The molecule has 0 aromatic heterocycles. The van der Waals surface area contributed by atoms with E-state index < -0.39 is 13.6 Å². The van der Waals surface area contributed by atoms with E-state index in [1.165, 1.54) is 6.07 Å². The lowest BCUT2D eigenvalue weighted by molar-refractivity contribution is -0.136. The topological polar surface area (TPSA) is 83.8 Å². The predicted molar refractivity (Wildman–Crippen MR) is 83.1 cm³/mol. The molecule has 0 heterocycles.